The Balaban J connectivity index is 1.84. The fraction of sp³-hybridized carbons (Fsp3) is 0.238. The van der Waals surface area contributed by atoms with Gasteiger partial charge in [0, 0.05) is 11.4 Å². The van der Waals surface area contributed by atoms with E-state index < -0.39 is 12.0 Å². The van der Waals surface area contributed by atoms with Crippen LogP contribution in [0, 0.1) is 6.92 Å². The summed E-state index contributed by atoms with van der Waals surface area (Å²) in [6, 6.07) is 15.1. The van der Waals surface area contributed by atoms with Crippen LogP contribution in [0.15, 0.2) is 64.8 Å². The van der Waals surface area contributed by atoms with E-state index in [1.807, 2.05) is 55.5 Å². The maximum atomic E-state index is 11.8. The van der Waals surface area contributed by atoms with E-state index in [2.05, 4.69) is 5.32 Å². The number of nitrogens with zero attached hydrogens (tertiary/aromatic N) is 1. The highest BCUT2D eigenvalue weighted by Gasteiger charge is 2.29. The molecule has 0 amide bonds. The Morgan fingerprint density at radius 1 is 1.19 bits per heavy atom. The number of thioether (sulfide) groups is 1. The molecule has 1 aliphatic heterocycles. The molecular formula is C21H22N2O3S. The number of carboxylic acid groups (broad SMARTS) is 1. The first kappa shape index (κ1) is 19.0. The van der Waals surface area contributed by atoms with E-state index in [0.717, 1.165) is 33.4 Å². The third kappa shape index (κ3) is 4.34. The van der Waals surface area contributed by atoms with E-state index in [1.54, 1.807) is 25.8 Å². The summed E-state index contributed by atoms with van der Waals surface area (Å²) in [7, 11) is 1.64. The molecule has 5 nitrogen and oxygen atoms in total. The van der Waals surface area contributed by atoms with Crippen LogP contribution in [0.25, 0.3) is 0 Å². The molecule has 2 N–H and O–H groups in total. The third-order valence-electron chi connectivity index (χ3n) is 4.47. The normalized spacial score (nSPS) is 16.6. The summed E-state index contributed by atoms with van der Waals surface area (Å²) in [6.07, 6.45) is 0. The van der Waals surface area contributed by atoms with Crippen molar-refractivity contribution in [1.29, 1.82) is 0 Å². The van der Waals surface area contributed by atoms with Crippen molar-refractivity contribution in [3.05, 3.63) is 76.5 Å². The van der Waals surface area contributed by atoms with Crippen molar-refractivity contribution in [2.24, 2.45) is 4.99 Å². The summed E-state index contributed by atoms with van der Waals surface area (Å²) >= 11 is 1.56. The van der Waals surface area contributed by atoms with E-state index in [-0.39, 0.29) is 5.57 Å². The Kier molecular flexibility index (Phi) is 5.86. The van der Waals surface area contributed by atoms with E-state index in [9.17, 15) is 9.90 Å². The molecule has 0 bridgehead atoms. The minimum absolute atomic E-state index is 0.290. The molecule has 2 aromatic carbocycles. The van der Waals surface area contributed by atoms with Crippen molar-refractivity contribution in [1.82, 2.24) is 5.32 Å². The topological polar surface area (TPSA) is 70.9 Å². The number of aliphatic imine (C=N–C) groups is 1. The lowest BCUT2D eigenvalue weighted by molar-refractivity contribution is -0.133. The summed E-state index contributed by atoms with van der Waals surface area (Å²) in [6.45, 7) is 3.77. The molecule has 2 aromatic rings. The molecule has 0 radical (unpaired) electrons. The van der Waals surface area contributed by atoms with Gasteiger partial charge >= 0.3 is 5.97 Å². The van der Waals surface area contributed by atoms with Gasteiger partial charge in [-0.25, -0.2) is 9.79 Å². The second kappa shape index (κ2) is 8.31. The van der Waals surface area contributed by atoms with Gasteiger partial charge in [-0.1, -0.05) is 48.2 Å². The van der Waals surface area contributed by atoms with Crippen molar-refractivity contribution in [2.45, 2.75) is 25.6 Å². The van der Waals surface area contributed by atoms with Crippen molar-refractivity contribution in [2.75, 3.05) is 7.11 Å². The lowest BCUT2D eigenvalue weighted by Gasteiger charge is -2.25. The standard InChI is InChI=1S/C21H22N2O3S/c1-13-6-4-5-7-17(13)19-18(20(24)25)14(2)22-21(23-19)27-12-15-8-10-16(26-3)11-9-15/h4-11,19H,12H2,1-3H3,(H,22,23)(H,24,25). The highest BCUT2D eigenvalue weighted by molar-refractivity contribution is 8.13. The maximum absolute atomic E-state index is 11.8. The molecule has 1 heterocycles. The van der Waals surface area contributed by atoms with Gasteiger partial charge in [0.1, 0.15) is 11.8 Å². The fourth-order valence-electron chi connectivity index (χ4n) is 2.99. The average molecular weight is 382 g/mol. The highest BCUT2D eigenvalue weighted by atomic mass is 32.2. The van der Waals surface area contributed by atoms with Gasteiger partial charge in [0.15, 0.2) is 5.17 Å². The Morgan fingerprint density at radius 2 is 1.89 bits per heavy atom. The molecule has 0 aromatic heterocycles. The lowest BCUT2D eigenvalue weighted by Crippen LogP contribution is -2.30. The number of amidine groups is 1. The minimum Gasteiger partial charge on any atom is -0.497 e. The van der Waals surface area contributed by atoms with Crippen LogP contribution in [0.4, 0.5) is 0 Å². The number of methoxy groups -OCH3 is 1. The molecule has 0 saturated heterocycles. The van der Waals surface area contributed by atoms with E-state index in [4.69, 9.17) is 9.73 Å². The SMILES string of the molecule is COc1ccc(CSC2=NC(c3ccccc3C)C(C(=O)O)=C(C)N2)cc1. The average Bonchev–Trinajstić information content (AvgIpc) is 2.66. The first-order valence-corrected chi connectivity index (χ1v) is 9.58. The molecule has 1 atom stereocenters. The van der Waals surface area contributed by atoms with Crippen LogP contribution >= 0.6 is 11.8 Å². The predicted molar refractivity (Wildman–Crippen MR) is 109 cm³/mol. The number of rotatable bonds is 5. The number of hydrogen-bond donors (Lipinski definition) is 2. The van der Waals surface area contributed by atoms with Crippen LogP contribution in [0.2, 0.25) is 0 Å². The number of benzene rings is 2. The van der Waals surface area contributed by atoms with Gasteiger partial charge in [-0.05, 0) is 42.7 Å². The van der Waals surface area contributed by atoms with Gasteiger partial charge in [0.05, 0.1) is 12.7 Å². The Hall–Kier alpha value is -2.73. The number of aliphatic carboxylic acids is 1. The van der Waals surface area contributed by atoms with Crippen LogP contribution < -0.4 is 10.1 Å². The van der Waals surface area contributed by atoms with Crippen LogP contribution in [0.5, 0.6) is 5.75 Å². The summed E-state index contributed by atoms with van der Waals surface area (Å²) < 4.78 is 5.18. The third-order valence-corrected chi connectivity index (χ3v) is 5.42. The number of carboxylic acids is 1. The predicted octanol–water partition coefficient (Wildman–Crippen LogP) is 4.30. The zero-order valence-corrected chi connectivity index (χ0v) is 16.3. The molecule has 6 heteroatoms. The number of aryl methyl sites for hydroxylation is 1. The van der Waals surface area contributed by atoms with Crippen LogP contribution in [0.1, 0.15) is 29.7 Å². The number of carbonyl (C=O) groups is 1. The Bertz CT molecular complexity index is 904. The second-order valence-electron chi connectivity index (χ2n) is 6.30. The Labute approximate surface area is 163 Å². The van der Waals surface area contributed by atoms with Crippen molar-refractivity contribution in [3.8, 4) is 5.75 Å². The molecule has 3 rings (SSSR count). The van der Waals surface area contributed by atoms with Gasteiger partial charge < -0.3 is 15.2 Å². The lowest BCUT2D eigenvalue weighted by atomic mass is 9.93. The summed E-state index contributed by atoms with van der Waals surface area (Å²) in [4.78, 5) is 16.5. The summed E-state index contributed by atoms with van der Waals surface area (Å²) in [5.74, 6) is 0.601. The minimum atomic E-state index is -0.948. The maximum Gasteiger partial charge on any atom is 0.335 e. The largest absolute Gasteiger partial charge is 0.497 e. The van der Waals surface area contributed by atoms with E-state index in [0.29, 0.717) is 5.70 Å². The molecule has 0 spiro atoms. The first-order valence-electron chi connectivity index (χ1n) is 8.59. The van der Waals surface area contributed by atoms with Gasteiger partial charge in [-0.2, -0.15) is 0 Å². The van der Waals surface area contributed by atoms with Crippen molar-refractivity contribution < 1.29 is 14.6 Å². The number of ether oxygens (including phenoxy) is 1. The number of allylic oxidation sites excluding steroid dienone is 1. The smallest absolute Gasteiger partial charge is 0.335 e. The highest BCUT2D eigenvalue weighted by Crippen LogP contribution is 2.34. The molecule has 1 unspecified atom stereocenters. The second-order valence-corrected chi connectivity index (χ2v) is 7.26. The first-order chi connectivity index (χ1) is 13.0. The zero-order chi connectivity index (χ0) is 19.4. The molecule has 0 saturated carbocycles. The summed E-state index contributed by atoms with van der Waals surface area (Å²) in [5, 5.41) is 13.6. The van der Waals surface area contributed by atoms with E-state index >= 15 is 0 Å². The number of nitrogens with one attached hydrogen (secondary N) is 1. The van der Waals surface area contributed by atoms with Crippen LogP contribution in [-0.2, 0) is 10.5 Å². The molecule has 0 aliphatic carbocycles. The van der Waals surface area contributed by atoms with Crippen molar-refractivity contribution >= 4 is 22.9 Å². The number of hydrogen-bond acceptors (Lipinski definition) is 5. The Morgan fingerprint density at radius 3 is 2.52 bits per heavy atom. The molecular weight excluding hydrogens is 360 g/mol. The molecule has 27 heavy (non-hydrogen) atoms. The zero-order valence-electron chi connectivity index (χ0n) is 15.5. The molecule has 0 fully saturated rings. The van der Waals surface area contributed by atoms with E-state index in [1.165, 1.54) is 0 Å². The van der Waals surface area contributed by atoms with Gasteiger partial charge in [-0.3, -0.25) is 0 Å². The van der Waals surface area contributed by atoms with Gasteiger partial charge in [0.2, 0.25) is 0 Å². The van der Waals surface area contributed by atoms with Crippen molar-refractivity contribution in [3.63, 3.8) is 0 Å². The summed E-state index contributed by atoms with van der Waals surface area (Å²) in [5.41, 5.74) is 4.00. The van der Waals surface area contributed by atoms with Gasteiger partial charge in [0.25, 0.3) is 0 Å². The monoisotopic (exact) mass is 382 g/mol. The quantitative estimate of drug-likeness (QED) is 0.807. The van der Waals surface area contributed by atoms with Crippen LogP contribution in [0.3, 0.4) is 0 Å². The van der Waals surface area contributed by atoms with Crippen LogP contribution in [-0.4, -0.2) is 23.4 Å². The fourth-order valence-corrected chi connectivity index (χ4v) is 3.89. The molecule has 140 valence electrons. The van der Waals surface area contributed by atoms with Gasteiger partial charge in [-0.15, -0.1) is 0 Å². The molecule has 1 aliphatic rings.